The maximum atomic E-state index is 12.9. The molecule has 1 saturated heterocycles. The number of likely N-dealkylation sites (tertiary alicyclic amines) is 1. The van der Waals surface area contributed by atoms with Crippen LogP contribution in [0.15, 0.2) is 48.5 Å². The molecule has 0 saturated carbocycles. The highest BCUT2D eigenvalue weighted by molar-refractivity contribution is 5.96. The number of H-pyrrole nitrogens is 1. The Hall–Kier alpha value is -2.66. The molecule has 1 fully saturated rings. The van der Waals surface area contributed by atoms with Gasteiger partial charge >= 0.3 is 0 Å². The minimum Gasteiger partial charge on any atom is -0.342 e. The fourth-order valence-electron chi connectivity index (χ4n) is 4.46. The second-order valence-electron chi connectivity index (χ2n) is 7.64. The molecule has 0 aliphatic carbocycles. The largest absolute Gasteiger partial charge is 0.342 e. The number of carbonyl (C=O) groups excluding carboxylic acids is 1. The third-order valence-corrected chi connectivity index (χ3v) is 5.85. The minimum atomic E-state index is 0.213. The number of rotatable bonds is 3. The molecular weight excluding hydrogens is 336 g/mol. The van der Waals surface area contributed by atoms with Gasteiger partial charge in [0.2, 0.25) is 5.91 Å². The average molecular weight is 360 g/mol. The molecule has 0 spiro atoms. The molecule has 5 rings (SSSR count). The lowest BCUT2D eigenvalue weighted by molar-refractivity contribution is -0.119. The highest BCUT2D eigenvalue weighted by Gasteiger charge is 2.29. The molecule has 0 unspecified atom stereocenters. The normalized spacial score (nSPS) is 20.1. The van der Waals surface area contributed by atoms with E-state index in [1.807, 2.05) is 29.2 Å². The highest BCUT2D eigenvalue weighted by Crippen LogP contribution is 2.29. The summed E-state index contributed by atoms with van der Waals surface area (Å²) in [7, 11) is 0. The van der Waals surface area contributed by atoms with E-state index < -0.39 is 0 Å². The Bertz CT molecular complexity index is 946. The Morgan fingerprint density at radius 2 is 1.96 bits per heavy atom. The standard InChI is InChI=1S/C22H24N4O/c27-21(26-13-11-16-6-1-4-10-20(16)26)15-25-12-5-7-17(14-25)22-23-18-8-2-3-9-19(18)24-22/h1-4,6,8-10,17H,5,7,11-15H2,(H,23,24)/t17-/m1/s1. The van der Waals surface area contributed by atoms with Crippen molar-refractivity contribution < 1.29 is 4.79 Å². The van der Waals surface area contributed by atoms with Crippen molar-refractivity contribution in [3.63, 3.8) is 0 Å². The molecule has 5 nitrogen and oxygen atoms in total. The first kappa shape index (κ1) is 16.5. The van der Waals surface area contributed by atoms with Crippen LogP contribution in [0.25, 0.3) is 11.0 Å². The second kappa shape index (κ2) is 6.82. The van der Waals surface area contributed by atoms with E-state index in [-0.39, 0.29) is 5.91 Å². The van der Waals surface area contributed by atoms with Crippen molar-refractivity contribution in [2.75, 3.05) is 31.1 Å². The third-order valence-electron chi connectivity index (χ3n) is 5.85. The summed E-state index contributed by atoms with van der Waals surface area (Å²) in [6, 6.07) is 16.4. The molecule has 27 heavy (non-hydrogen) atoms. The number of benzene rings is 2. The summed E-state index contributed by atoms with van der Waals surface area (Å²) in [5.74, 6) is 1.63. The number of nitrogens with one attached hydrogen (secondary N) is 1. The molecule has 3 aromatic rings. The molecule has 1 N–H and O–H groups in total. The Morgan fingerprint density at radius 1 is 1.11 bits per heavy atom. The summed E-state index contributed by atoms with van der Waals surface area (Å²) in [5, 5.41) is 0. The number of para-hydroxylation sites is 3. The molecular formula is C22H24N4O. The van der Waals surface area contributed by atoms with Gasteiger partial charge < -0.3 is 9.88 Å². The number of nitrogens with zero attached hydrogens (tertiary/aromatic N) is 3. The minimum absolute atomic E-state index is 0.213. The summed E-state index contributed by atoms with van der Waals surface area (Å²) in [4.78, 5) is 25.4. The van der Waals surface area contributed by atoms with E-state index in [4.69, 9.17) is 4.98 Å². The predicted molar refractivity (Wildman–Crippen MR) is 107 cm³/mol. The number of aromatic nitrogens is 2. The fraction of sp³-hybridized carbons (Fsp3) is 0.364. The third kappa shape index (κ3) is 3.12. The fourth-order valence-corrected chi connectivity index (χ4v) is 4.46. The van der Waals surface area contributed by atoms with Gasteiger partial charge in [-0.05, 0) is 49.6 Å². The number of carbonyl (C=O) groups is 1. The summed E-state index contributed by atoms with van der Waals surface area (Å²) >= 11 is 0. The predicted octanol–water partition coefficient (Wildman–Crippen LogP) is 3.33. The maximum Gasteiger partial charge on any atom is 0.241 e. The zero-order valence-corrected chi connectivity index (χ0v) is 15.4. The van der Waals surface area contributed by atoms with Crippen LogP contribution in [0, 0.1) is 0 Å². The van der Waals surface area contributed by atoms with Crippen LogP contribution in [-0.4, -0.2) is 47.0 Å². The number of hydrogen-bond donors (Lipinski definition) is 1. The monoisotopic (exact) mass is 360 g/mol. The lowest BCUT2D eigenvalue weighted by atomic mass is 9.97. The zero-order chi connectivity index (χ0) is 18.2. The Kier molecular flexibility index (Phi) is 4.17. The van der Waals surface area contributed by atoms with Crippen molar-refractivity contribution in [3.8, 4) is 0 Å². The van der Waals surface area contributed by atoms with Crippen molar-refractivity contribution in [2.45, 2.75) is 25.2 Å². The van der Waals surface area contributed by atoms with E-state index >= 15 is 0 Å². The van der Waals surface area contributed by atoms with Crippen molar-refractivity contribution in [1.29, 1.82) is 0 Å². The number of amides is 1. The van der Waals surface area contributed by atoms with Crippen LogP contribution in [0.2, 0.25) is 0 Å². The molecule has 1 atom stereocenters. The van der Waals surface area contributed by atoms with Gasteiger partial charge in [-0.1, -0.05) is 30.3 Å². The highest BCUT2D eigenvalue weighted by atomic mass is 16.2. The van der Waals surface area contributed by atoms with Gasteiger partial charge in [-0.25, -0.2) is 4.98 Å². The van der Waals surface area contributed by atoms with Crippen LogP contribution in [0.3, 0.4) is 0 Å². The van der Waals surface area contributed by atoms with Gasteiger partial charge in [0.05, 0.1) is 17.6 Å². The van der Waals surface area contributed by atoms with Crippen LogP contribution in [0.1, 0.15) is 30.1 Å². The number of imidazole rings is 1. The van der Waals surface area contributed by atoms with Gasteiger partial charge in [0.25, 0.3) is 0 Å². The first-order valence-corrected chi connectivity index (χ1v) is 9.83. The smallest absolute Gasteiger partial charge is 0.241 e. The van der Waals surface area contributed by atoms with E-state index in [1.165, 1.54) is 5.56 Å². The topological polar surface area (TPSA) is 52.2 Å². The molecule has 5 heteroatoms. The van der Waals surface area contributed by atoms with E-state index in [0.717, 1.165) is 61.4 Å². The van der Waals surface area contributed by atoms with E-state index in [1.54, 1.807) is 0 Å². The van der Waals surface area contributed by atoms with Gasteiger partial charge in [-0.3, -0.25) is 9.69 Å². The van der Waals surface area contributed by atoms with E-state index in [2.05, 4.69) is 34.1 Å². The molecule has 2 aliphatic rings. The van der Waals surface area contributed by atoms with Gasteiger partial charge in [-0.15, -0.1) is 0 Å². The van der Waals surface area contributed by atoms with Crippen molar-refractivity contribution in [2.24, 2.45) is 0 Å². The summed E-state index contributed by atoms with van der Waals surface area (Å²) in [5.41, 5.74) is 4.49. The zero-order valence-electron chi connectivity index (χ0n) is 15.4. The van der Waals surface area contributed by atoms with Gasteiger partial charge in [0, 0.05) is 24.7 Å². The molecule has 1 aromatic heterocycles. The summed E-state index contributed by atoms with van der Waals surface area (Å²) < 4.78 is 0. The molecule has 0 radical (unpaired) electrons. The molecule has 1 amide bonds. The number of aromatic amines is 1. The van der Waals surface area contributed by atoms with Gasteiger partial charge in [-0.2, -0.15) is 0 Å². The molecule has 2 aliphatic heterocycles. The lowest BCUT2D eigenvalue weighted by Gasteiger charge is -2.32. The molecule has 3 heterocycles. The number of hydrogen-bond acceptors (Lipinski definition) is 3. The Balaban J connectivity index is 1.28. The van der Waals surface area contributed by atoms with Gasteiger partial charge in [0.15, 0.2) is 0 Å². The Morgan fingerprint density at radius 3 is 2.89 bits per heavy atom. The first-order chi connectivity index (χ1) is 13.3. The van der Waals surface area contributed by atoms with Crippen LogP contribution < -0.4 is 4.90 Å². The Labute approximate surface area is 159 Å². The van der Waals surface area contributed by atoms with Crippen LogP contribution in [0.5, 0.6) is 0 Å². The SMILES string of the molecule is O=C(CN1CCC[C@@H](c2nc3ccccc3[nH]2)C1)N1CCc2ccccc21. The summed E-state index contributed by atoms with van der Waals surface area (Å²) in [6.45, 7) is 3.17. The van der Waals surface area contributed by atoms with Crippen LogP contribution >= 0.6 is 0 Å². The number of piperidine rings is 1. The lowest BCUT2D eigenvalue weighted by Crippen LogP contribution is -2.43. The van der Waals surface area contributed by atoms with Crippen molar-refractivity contribution >= 4 is 22.6 Å². The van der Waals surface area contributed by atoms with Crippen molar-refractivity contribution in [1.82, 2.24) is 14.9 Å². The second-order valence-corrected chi connectivity index (χ2v) is 7.64. The maximum absolute atomic E-state index is 12.9. The molecule has 138 valence electrons. The van der Waals surface area contributed by atoms with Crippen LogP contribution in [-0.2, 0) is 11.2 Å². The molecule has 2 aromatic carbocycles. The van der Waals surface area contributed by atoms with Crippen LogP contribution in [0.4, 0.5) is 5.69 Å². The molecule has 0 bridgehead atoms. The number of fused-ring (bicyclic) bond motifs is 2. The first-order valence-electron chi connectivity index (χ1n) is 9.83. The van der Waals surface area contributed by atoms with E-state index in [0.29, 0.717) is 12.5 Å². The quantitative estimate of drug-likeness (QED) is 0.779. The average Bonchev–Trinajstić information content (AvgIpc) is 3.32. The van der Waals surface area contributed by atoms with Gasteiger partial charge in [0.1, 0.15) is 5.82 Å². The number of anilines is 1. The summed E-state index contributed by atoms with van der Waals surface area (Å²) in [6.07, 6.45) is 3.19. The van der Waals surface area contributed by atoms with E-state index in [9.17, 15) is 4.79 Å². The van der Waals surface area contributed by atoms with Crippen molar-refractivity contribution in [3.05, 3.63) is 59.9 Å².